The highest BCUT2D eigenvalue weighted by Gasteiger charge is 2.47. The lowest BCUT2D eigenvalue weighted by Crippen LogP contribution is -2.29. The molecule has 2 aliphatic heterocycles. The summed E-state index contributed by atoms with van der Waals surface area (Å²) in [5.41, 5.74) is 1.88. The predicted octanol–water partition coefficient (Wildman–Crippen LogP) is 4.92. The number of fused-ring (bicyclic) bond motifs is 1. The fraction of sp³-hybridized carbons (Fsp3) is 0.154. The van der Waals surface area contributed by atoms with Crippen molar-refractivity contribution in [3.05, 3.63) is 101 Å². The second-order valence-electron chi connectivity index (χ2n) is 7.97. The number of carbonyl (C=O) groups excluding carboxylic acids is 2. The third kappa shape index (κ3) is 3.65. The Kier molecular flexibility index (Phi) is 5.17. The SMILES string of the molecule is O=C1C(=O)N(c2ccc(F)cc2)C(c2ccc(F)cc2)/C1=C(/O)c1ccc2c(c1)CCCO2. The summed E-state index contributed by atoms with van der Waals surface area (Å²) in [4.78, 5) is 27.4. The first-order chi connectivity index (χ1) is 15.9. The average molecular weight is 447 g/mol. The van der Waals surface area contributed by atoms with Gasteiger partial charge in [0, 0.05) is 11.3 Å². The number of hydrogen-bond donors (Lipinski definition) is 1. The molecule has 0 bridgehead atoms. The maximum atomic E-state index is 13.6. The van der Waals surface area contributed by atoms with Crippen molar-refractivity contribution in [2.45, 2.75) is 18.9 Å². The molecule has 2 aliphatic rings. The van der Waals surface area contributed by atoms with Gasteiger partial charge in [-0.3, -0.25) is 14.5 Å². The summed E-state index contributed by atoms with van der Waals surface area (Å²) in [5.74, 6) is -2.32. The minimum Gasteiger partial charge on any atom is -0.507 e. The Morgan fingerprint density at radius 3 is 2.30 bits per heavy atom. The van der Waals surface area contributed by atoms with E-state index in [-0.39, 0.29) is 17.0 Å². The fourth-order valence-electron chi connectivity index (χ4n) is 4.32. The second-order valence-corrected chi connectivity index (χ2v) is 7.97. The highest BCUT2D eigenvalue weighted by atomic mass is 19.1. The predicted molar refractivity (Wildman–Crippen MR) is 118 cm³/mol. The van der Waals surface area contributed by atoms with Gasteiger partial charge >= 0.3 is 0 Å². The molecule has 1 unspecified atom stereocenters. The van der Waals surface area contributed by atoms with Crippen molar-refractivity contribution in [2.24, 2.45) is 0 Å². The van der Waals surface area contributed by atoms with Gasteiger partial charge in [-0.05, 0) is 78.6 Å². The number of carbonyl (C=O) groups is 2. The number of amides is 1. The van der Waals surface area contributed by atoms with Gasteiger partial charge in [0.2, 0.25) is 0 Å². The summed E-state index contributed by atoms with van der Waals surface area (Å²) in [5, 5.41) is 11.2. The molecule has 1 fully saturated rings. The first kappa shape index (κ1) is 20.9. The summed E-state index contributed by atoms with van der Waals surface area (Å²) >= 11 is 0. The number of halogens is 2. The number of aliphatic hydroxyl groups is 1. The van der Waals surface area contributed by atoms with Crippen molar-refractivity contribution in [3.8, 4) is 5.75 Å². The first-order valence-electron chi connectivity index (χ1n) is 10.5. The largest absolute Gasteiger partial charge is 0.507 e. The Hall–Kier alpha value is -4.00. The number of hydrogen-bond acceptors (Lipinski definition) is 4. The normalized spacial score (nSPS) is 19.3. The van der Waals surface area contributed by atoms with E-state index in [1.54, 1.807) is 18.2 Å². The van der Waals surface area contributed by atoms with E-state index in [9.17, 15) is 23.5 Å². The molecule has 5 nitrogen and oxygen atoms in total. The van der Waals surface area contributed by atoms with E-state index >= 15 is 0 Å². The highest BCUT2D eigenvalue weighted by molar-refractivity contribution is 6.51. The van der Waals surface area contributed by atoms with Crippen LogP contribution in [0.1, 0.15) is 29.2 Å². The van der Waals surface area contributed by atoms with Crippen LogP contribution in [0, 0.1) is 11.6 Å². The van der Waals surface area contributed by atoms with Gasteiger partial charge in [0.05, 0.1) is 18.2 Å². The molecule has 0 saturated carbocycles. The van der Waals surface area contributed by atoms with Crippen LogP contribution in [-0.4, -0.2) is 23.4 Å². The summed E-state index contributed by atoms with van der Waals surface area (Å²) in [6.45, 7) is 0.617. The maximum absolute atomic E-state index is 13.6. The smallest absolute Gasteiger partial charge is 0.300 e. The van der Waals surface area contributed by atoms with E-state index in [0.29, 0.717) is 17.7 Å². The minimum absolute atomic E-state index is 0.118. The Bertz CT molecular complexity index is 1280. The molecule has 7 heteroatoms. The van der Waals surface area contributed by atoms with Crippen LogP contribution < -0.4 is 9.64 Å². The van der Waals surface area contributed by atoms with Crippen LogP contribution in [-0.2, 0) is 16.0 Å². The number of ketones is 1. The number of Topliss-reactive ketones (excluding diaryl/α,β-unsaturated/α-hetero) is 1. The average Bonchev–Trinajstić information content (AvgIpc) is 3.10. The molecule has 33 heavy (non-hydrogen) atoms. The molecule has 0 aromatic heterocycles. The zero-order chi connectivity index (χ0) is 23.1. The Morgan fingerprint density at radius 2 is 1.61 bits per heavy atom. The fourth-order valence-corrected chi connectivity index (χ4v) is 4.32. The molecule has 5 rings (SSSR count). The number of aryl methyl sites for hydroxylation is 1. The van der Waals surface area contributed by atoms with Crippen molar-refractivity contribution in [1.82, 2.24) is 0 Å². The van der Waals surface area contributed by atoms with Gasteiger partial charge in [-0.25, -0.2) is 8.78 Å². The summed E-state index contributed by atoms with van der Waals surface area (Å²) < 4.78 is 32.7. The van der Waals surface area contributed by atoms with Gasteiger partial charge in [0.25, 0.3) is 11.7 Å². The van der Waals surface area contributed by atoms with E-state index in [1.807, 2.05) is 0 Å². The van der Waals surface area contributed by atoms with Crippen molar-refractivity contribution in [1.29, 1.82) is 0 Å². The number of anilines is 1. The molecular formula is C26H19F2NO4. The van der Waals surface area contributed by atoms with Crippen molar-refractivity contribution in [3.63, 3.8) is 0 Å². The molecule has 0 spiro atoms. The van der Waals surface area contributed by atoms with Gasteiger partial charge in [0.1, 0.15) is 23.1 Å². The Labute approximate surface area is 188 Å². The second kappa shape index (κ2) is 8.16. The van der Waals surface area contributed by atoms with E-state index in [1.165, 1.54) is 53.4 Å². The zero-order valence-electron chi connectivity index (χ0n) is 17.4. The molecule has 1 saturated heterocycles. The molecule has 1 atom stereocenters. The molecule has 2 heterocycles. The van der Waals surface area contributed by atoms with Crippen molar-refractivity contribution >= 4 is 23.1 Å². The van der Waals surface area contributed by atoms with Crippen LogP contribution in [0.15, 0.2) is 72.3 Å². The van der Waals surface area contributed by atoms with Crippen LogP contribution in [0.25, 0.3) is 5.76 Å². The van der Waals surface area contributed by atoms with E-state index < -0.39 is 29.4 Å². The Balaban J connectivity index is 1.68. The molecule has 0 aliphatic carbocycles. The molecule has 3 aromatic rings. The third-order valence-corrected chi connectivity index (χ3v) is 5.92. The number of ether oxygens (including phenoxy) is 1. The highest BCUT2D eigenvalue weighted by Crippen LogP contribution is 2.42. The molecule has 3 aromatic carbocycles. The number of benzene rings is 3. The topological polar surface area (TPSA) is 66.8 Å². The van der Waals surface area contributed by atoms with Crippen molar-refractivity contribution < 1.29 is 28.2 Å². The van der Waals surface area contributed by atoms with Gasteiger partial charge in [-0.15, -0.1) is 0 Å². The molecule has 0 radical (unpaired) electrons. The van der Waals surface area contributed by atoms with Gasteiger partial charge < -0.3 is 9.84 Å². The lowest BCUT2D eigenvalue weighted by molar-refractivity contribution is -0.132. The van der Waals surface area contributed by atoms with Crippen LogP contribution in [0.3, 0.4) is 0 Å². The lowest BCUT2D eigenvalue weighted by Gasteiger charge is -2.25. The zero-order valence-corrected chi connectivity index (χ0v) is 17.4. The minimum atomic E-state index is -1.01. The van der Waals surface area contributed by atoms with Crippen molar-refractivity contribution in [2.75, 3.05) is 11.5 Å². The summed E-state index contributed by atoms with van der Waals surface area (Å²) in [6, 6.07) is 14.6. The Morgan fingerprint density at radius 1 is 0.939 bits per heavy atom. The quantitative estimate of drug-likeness (QED) is 0.352. The number of rotatable bonds is 3. The lowest BCUT2D eigenvalue weighted by atomic mass is 9.94. The summed E-state index contributed by atoms with van der Waals surface area (Å²) in [7, 11) is 0. The van der Waals surface area contributed by atoms with E-state index in [0.717, 1.165) is 24.2 Å². The standard InChI is InChI=1S/C26H19F2NO4/c27-18-6-3-15(4-7-18)23-22(24(30)17-5-12-21-16(14-17)2-1-13-33-21)25(31)26(32)29(23)20-10-8-19(28)9-11-20/h3-12,14,23,30H,1-2,13H2/b24-22-. The maximum Gasteiger partial charge on any atom is 0.300 e. The van der Waals surface area contributed by atoms with Crippen LogP contribution >= 0.6 is 0 Å². The van der Waals surface area contributed by atoms with Crippen LogP contribution in [0.5, 0.6) is 5.75 Å². The van der Waals surface area contributed by atoms with Crippen LogP contribution in [0.2, 0.25) is 0 Å². The van der Waals surface area contributed by atoms with Gasteiger partial charge in [-0.2, -0.15) is 0 Å². The van der Waals surface area contributed by atoms with E-state index in [4.69, 9.17) is 4.74 Å². The monoisotopic (exact) mass is 447 g/mol. The van der Waals surface area contributed by atoms with Gasteiger partial charge in [-0.1, -0.05) is 12.1 Å². The van der Waals surface area contributed by atoms with Crippen LogP contribution in [0.4, 0.5) is 14.5 Å². The first-order valence-corrected chi connectivity index (χ1v) is 10.5. The third-order valence-electron chi connectivity index (χ3n) is 5.92. The molecule has 1 amide bonds. The van der Waals surface area contributed by atoms with Gasteiger partial charge in [0.15, 0.2) is 0 Å². The number of aliphatic hydroxyl groups excluding tert-OH is 1. The molecular weight excluding hydrogens is 428 g/mol. The van der Waals surface area contributed by atoms with E-state index in [2.05, 4.69) is 0 Å². The summed E-state index contributed by atoms with van der Waals surface area (Å²) in [6.07, 6.45) is 1.60. The number of nitrogens with zero attached hydrogens (tertiary/aromatic N) is 1. The molecule has 166 valence electrons. The molecule has 1 N–H and O–H groups in total.